The lowest BCUT2D eigenvalue weighted by Crippen LogP contribution is -2.09. The summed E-state index contributed by atoms with van der Waals surface area (Å²) in [6.45, 7) is 1.34. The maximum Gasteiger partial charge on any atom is 0.164 e. The number of halogens is 1. The Morgan fingerprint density at radius 1 is 1.19 bits per heavy atom. The molecule has 1 aromatic carbocycles. The molecule has 0 radical (unpaired) electrons. The highest BCUT2D eigenvalue weighted by atomic mass is 19.1. The average Bonchev–Trinajstić information content (AvgIpc) is 3.15. The van der Waals surface area contributed by atoms with Crippen LogP contribution in [0.3, 0.4) is 0 Å². The number of imidazole rings is 1. The zero-order valence-electron chi connectivity index (χ0n) is 11.4. The van der Waals surface area contributed by atoms with Gasteiger partial charge in [0.2, 0.25) is 0 Å². The van der Waals surface area contributed by atoms with E-state index in [2.05, 4.69) is 9.97 Å². The maximum atomic E-state index is 14.2. The summed E-state index contributed by atoms with van der Waals surface area (Å²) in [4.78, 5) is 9.05. The normalized spacial score (nSPS) is 18.4. The van der Waals surface area contributed by atoms with Gasteiger partial charge in [0.05, 0.1) is 12.3 Å². The third-order valence-electron chi connectivity index (χ3n) is 3.83. The van der Waals surface area contributed by atoms with Crippen LogP contribution in [0, 0.1) is 5.82 Å². The monoisotopic (exact) mass is 283 g/mol. The van der Waals surface area contributed by atoms with E-state index in [-0.39, 0.29) is 11.7 Å². The molecule has 1 saturated heterocycles. The number of rotatable bonds is 2. The first kappa shape index (κ1) is 12.5. The molecule has 1 aliphatic rings. The summed E-state index contributed by atoms with van der Waals surface area (Å²) in [5.74, 6) is 0.729. The Morgan fingerprint density at radius 3 is 2.90 bits per heavy atom. The first-order valence-corrected chi connectivity index (χ1v) is 7.00. The van der Waals surface area contributed by atoms with Crippen molar-refractivity contribution in [1.82, 2.24) is 14.5 Å². The molecule has 1 unspecified atom stereocenters. The van der Waals surface area contributed by atoms with Crippen LogP contribution in [0.25, 0.3) is 16.9 Å². The van der Waals surface area contributed by atoms with Crippen LogP contribution in [0.2, 0.25) is 0 Å². The van der Waals surface area contributed by atoms with Crippen molar-refractivity contribution in [1.29, 1.82) is 0 Å². The van der Waals surface area contributed by atoms with Crippen LogP contribution in [0.5, 0.6) is 0 Å². The molecule has 0 N–H and O–H groups in total. The maximum absolute atomic E-state index is 14.2. The Balaban J connectivity index is 2.00. The third kappa shape index (κ3) is 2.01. The molecule has 4 rings (SSSR count). The molecule has 0 amide bonds. The topological polar surface area (TPSA) is 39.9 Å². The number of para-hydroxylation sites is 1. The molecule has 3 heterocycles. The van der Waals surface area contributed by atoms with Gasteiger partial charge in [-0.15, -0.1) is 0 Å². The molecule has 0 spiro atoms. The molecule has 4 nitrogen and oxygen atoms in total. The van der Waals surface area contributed by atoms with E-state index in [9.17, 15) is 4.39 Å². The van der Waals surface area contributed by atoms with E-state index in [1.807, 2.05) is 22.8 Å². The zero-order valence-corrected chi connectivity index (χ0v) is 11.4. The predicted molar refractivity (Wildman–Crippen MR) is 77.0 cm³/mol. The van der Waals surface area contributed by atoms with Gasteiger partial charge in [-0.2, -0.15) is 0 Å². The summed E-state index contributed by atoms with van der Waals surface area (Å²) >= 11 is 0. The zero-order chi connectivity index (χ0) is 14.2. The van der Waals surface area contributed by atoms with Crippen LogP contribution in [0.4, 0.5) is 4.39 Å². The van der Waals surface area contributed by atoms with Crippen molar-refractivity contribution < 1.29 is 9.13 Å². The van der Waals surface area contributed by atoms with Crippen molar-refractivity contribution in [2.24, 2.45) is 0 Å². The Morgan fingerprint density at radius 2 is 2.10 bits per heavy atom. The van der Waals surface area contributed by atoms with Crippen molar-refractivity contribution in [3.8, 4) is 5.69 Å². The van der Waals surface area contributed by atoms with E-state index in [0.717, 1.165) is 24.4 Å². The summed E-state index contributed by atoms with van der Waals surface area (Å²) in [5.41, 5.74) is 1.95. The highest BCUT2D eigenvalue weighted by Crippen LogP contribution is 2.30. The fraction of sp³-hybridized carbons (Fsp3) is 0.250. The SMILES string of the molecule is Fc1ccccc1-n1c(C2CCOC2)nc2cccnc21. The lowest BCUT2D eigenvalue weighted by Gasteiger charge is -2.12. The number of fused-ring (bicyclic) bond motifs is 1. The molecule has 1 atom stereocenters. The van der Waals surface area contributed by atoms with E-state index in [1.54, 1.807) is 18.3 Å². The van der Waals surface area contributed by atoms with E-state index in [1.165, 1.54) is 6.07 Å². The lowest BCUT2D eigenvalue weighted by molar-refractivity contribution is 0.193. The van der Waals surface area contributed by atoms with Gasteiger partial charge >= 0.3 is 0 Å². The van der Waals surface area contributed by atoms with Crippen molar-refractivity contribution in [2.45, 2.75) is 12.3 Å². The Labute approximate surface area is 121 Å². The second-order valence-electron chi connectivity index (χ2n) is 5.16. The van der Waals surface area contributed by atoms with Crippen LogP contribution >= 0.6 is 0 Å². The quantitative estimate of drug-likeness (QED) is 0.725. The number of benzene rings is 1. The molecule has 0 bridgehead atoms. The first-order chi connectivity index (χ1) is 10.3. The van der Waals surface area contributed by atoms with Crippen molar-refractivity contribution in [2.75, 3.05) is 13.2 Å². The van der Waals surface area contributed by atoms with Gasteiger partial charge in [-0.1, -0.05) is 12.1 Å². The molecule has 21 heavy (non-hydrogen) atoms. The molecule has 1 aliphatic heterocycles. The molecule has 1 fully saturated rings. The van der Waals surface area contributed by atoms with Crippen LogP contribution in [-0.2, 0) is 4.74 Å². The number of hydrogen-bond acceptors (Lipinski definition) is 3. The second kappa shape index (κ2) is 4.93. The molecule has 0 aliphatic carbocycles. The largest absolute Gasteiger partial charge is 0.381 e. The number of pyridine rings is 1. The highest BCUT2D eigenvalue weighted by molar-refractivity contribution is 5.74. The van der Waals surface area contributed by atoms with Crippen molar-refractivity contribution in [3.05, 3.63) is 54.2 Å². The summed E-state index contributed by atoms with van der Waals surface area (Å²) < 4.78 is 21.5. The number of aromatic nitrogens is 3. The van der Waals surface area contributed by atoms with Crippen LogP contribution in [0.15, 0.2) is 42.6 Å². The second-order valence-corrected chi connectivity index (χ2v) is 5.16. The Hall–Kier alpha value is -2.27. The highest BCUT2D eigenvalue weighted by Gasteiger charge is 2.26. The number of nitrogens with zero attached hydrogens (tertiary/aromatic N) is 3. The fourth-order valence-corrected chi connectivity index (χ4v) is 2.81. The van der Waals surface area contributed by atoms with Crippen molar-refractivity contribution in [3.63, 3.8) is 0 Å². The summed E-state index contributed by atoms with van der Waals surface area (Å²) in [6, 6.07) is 10.5. The smallest absolute Gasteiger partial charge is 0.164 e. The van der Waals surface area contributed by atoms with Gasteiger partial charge in [0.1, 0.15) is 17.2 Å². The van der Waals surface area contributed by atoms with Crippen molar-refractivity contribution >= 4 is 11.2 Å². The minimum Gasteiger partial charge on any atom is -0.381 e. The van der Waals surface area contributed by atoms with Gasteiger partial charge in [0.25, 0.3) is 0 Å². The lowest BCUT2D eigenvalue weighted by atomic mass is 10.1. The Kier molecular flexibility index (Phi) is 2.93. The molecular formula is C16H14FN3O. The minimum atomic E-state index is -0.275. The fourth-order valence-electron chi connectivity index (χ4n) is 2.81. The summed E-state index contributed by atoms with van der Waals surface area (Å²) in [6.07, 6.45) is 2.61. The van der Waals surface area contributed by atoms with E-state index in [4.69, 9.17) is 4.74 Å². The summed E-state index contributed by atoms with van der Waals surface area (Å²) in [7, 11) is 0. The predicted octanol–water partition coefficient (Wildman–Crippen LogP) is 3.06. The van der Waals surface area contributed by atoms with Crippen LogP contribution < -0.4 is 0 Å². The molecule has 5 heteroatoms. The van der Waals surface area contributed by atoms with Gasteiger partial charge in [-0.25, -0.2) is 14.4 Å². The van der Waals surface area contributed by atoms with E-state index in [0.29, 0.717) is 17.9 Å². The third-order valence-corrected chi connectivity index (χ3v) is 3.83. The molecule has 106 valence electrons. The first-order valence-electron chi connectivity index (χ1n) is 7.00. The van der Waals surface area contributed by atoms with Crippen LogP contribution in [-0.4, -0.2) is 27.7 Å². The van der Waals surface area contributed by atoms with Gasteiger partial charge in [0, 0.05) is 18.7 Å². The van der Waals surface area contributed by atoms with Crippen LogP contribution in [0.1, 0.15) is 18.2 Å². The van der Waals surface area contributed by atoms with Gasteiger partial charge < -0.3 is 4.74 Å². The van der Waals surface area contributed by atoms with Gasteiger partial charge in [0.15, 0.2) is 5.65 Å². The Bertz CT molecular complexity index is 793. The van der Waals surface area contributed by atoms with E-state index < -0.39 is 0 Å². The molecule has 2 aromatic heterocycles. The minimum absolute atomic E-state index is 0.179. The average molecular weight is 283 g/mol. The molecular weight excluding hydrogens is 269 g/mol. The van der Waals surface area contributed by atoms with E-state index >= 15 is 0 Å². The number of ether oxygens (including phenoxy) is 1. The van der Waals surface area contributed by atoms with Gasteiger partial charge in [-0.3, -0.25) is 4.57 Å². The summed E-state index contributed by atoms with van der Waals surface area (Å²) in [5, 5.41) is 0. The standard InChI is InChI=1S/C16H14FN3O/c17-12-4-1-2-6-14(12)20-15(11-7-9-21-10-11)19-13-5-3-8-18-16(13)20/h1-6,8,11H,7,9-10H2. The molecule has 3 aromatic rings. The number of hydrogen-bond donors (Lipinski definition) is 0. The van der Waals surface area contributed by atoms with Gasteiger partial charge in [-0.05, 0) is 30.7 Å². The molecule has 0 saturated carbocycles.